The number of methoxy groups -OCH3 is 1. The number of hydrogen-bond donors (Lipinski definition) is 3. The third kappa shape index (κ3) is 2.65. The second-order valence-electron chi connectivity index (χ2n) is 3.27. The molecule has 5 N–H and O–H groups in total. The molecule has 0 spiro atoms. The van der Waals surface area contributed by atoms with E-state index in [0.29, 0.717) is 5.56 Å². The van der Waals surface area contributed by atoms with Gasteiger partial charge < -0.3 is 21.3 Å². The van der Waals surface area contributed by atoms with Gasteiger partial charge in [-0.05, 0) is 17.7 Å². The average molecular weight is 214 g/mol. The summed E-state index contributed by atoms with van der Waals surface area (Å²) in [7, 11) is 1.39. The topological polar surface area (TPSA) is 81.5 Å². The van der Waals surface area contributed by atoms with Crippen molar-refractivity contribution in [2.24, 2.45) is 11.5 Å². The standard InChI is InChI=1S/C10H15FN2O2/c1-15-9-3-2-6(4-7(9)11)10(13)8(12)5-14/h2-4,8,10,14H,5,12-13H2,1H3. The van der Waals surface area contributed by atoms with E-state index in [1.165, 1.54) is 19.2 Å². The molecule has 0 saturated carbocycles. The fourth-order valence-corrected chi connectivity index (χ4v) is 1.25. The molecule has 0 aliphatic carbocycles. The zero-order valence-electron chi connectivity index (χ0n) is 8.48. The van der Waals surface area contributed by atoms with Crippen molar-refractivity contribution in [2.45, 2.75) is 12.1 Å². The Bertz CT molecular complexity index is 333. The fraction of sp³-hybridized carbons (Fsp3) is 0.400. The lowest BCUT2D eigenvalue weighted by atomic mass is 10.0. The summed E-state index contributed by atoms with van der Waals surface area (Å²) < 4.78 is 18.1. The zero-order chi connectivity index (χ0) is 11.4. The minimum absolute atomic E-state index is 0.156. The van der Waals surface area contributed by atoms with Crippen molar-refractivity contribution in [2.75, 3.05) is 13.7 Å². The van der Waals surface area contributed by atoms with Crippen LogP contribution in [0.25, 0.3) is 0 Å². The molecule has 1 rings (SSSR count). The van der Waals surface area contributed by atoms with Crippen LogP contribution in [0.3, 0.4) is 0 Å². The number of halogens is 1. The van der Waals surface area contributed by atoms with Gasteiger partial charge in [0.05, 0.1) is 13.7 Å². The lowest BCUT2D eigenvalue weighted by molar-refractivity contribution is 0.249. The van der Waals surface area contributed by atoms with Crippen molar-refractivity contribution in [3.8, 4) is 5.75 Å². The Morgan fingerprint density at radius 2 is 2.13 bits per heavy atom. The highest BCUT2D eigenvalue weighted by molar-refractivity contribution is 5.31. The number of nitrogens with two attached hydrogens (primary N) is 2. The third-order valence-electron chi connectivity index (χ3n) is 2.23. The monoisotopic (exact) mass is 214 g/mol. The summed E-state index contributed by atoms with van der Waals surface area (Å²) >= 11 is 0. The SMILES string of the molecule is COc1ccc(C(N)C(N)CO)cc1F. The first-order valence-electron chi connectivity index (χ1n) is 4.55. The minimum Gasteiger partial charge on any atom is -0.494 e. The third-order valence-corrected chi connectivity index (χ3v) is 2.23. The normalized spacial score (nSPS) is 14.7. The van der Waals surface area contributed by atoms with Crippen molar-refractivity contribution in [3.63, 3.8) is 0 Å². The molecule has 0 bridgehead atoms. The van der Waals surface area contributed by atoms with Crippen molar-refractivity contribution >= 4 is 0 Å². The second kappa shape index (κ2) is 5.06. The molecule has 0 saturated heterocycles. The second-order valence-corrected chi connectivity index (χ2v) is 3.27. The van der Waals surface area contributed by atoms with E-state index in [2.05, 4.69) is 0 Å². The van der Waals surface area contributed by atoms with E-state index in [4.69, 9.17) is 21.3 Å². The molecule has 4 nitrogen and oxygen atoms in total. The molecule has 0 radical (unpaired) electrons. The van der Waals surface area contributed by atoms with Crippen LogP contribution < -0.4 is 16.2 Å². The van der Waals surface area contributed by atoms with E-state index in [0.717, 1.165) is 0 Å². The quantitative estimate of drug-likeness (QED) is 0.666. The summed E-state index contributed by atoms with van der Waals surface area (Å²) in [6.07, 6.45) is 0. The molecule has 0 aromatic heterocycles. The minimum atomic E-state index is -0.599. The molecule has 84 valence electrons. The van der Waals surface area contributed by atoms with Crippen LogP contribution in [0.5, 0.6) is 5.75 Å². The molecule has 0 heterocycles. The van der Waals surface area contributed by atoms with Crippen molar-refractivity contribution in [1.29, 1.82) is 0 Å². The molecule has 2 unspecified atom stereocenters. The molecular weight excluding hydrogens is 199 g/mol. The van der Waals surface area contributed by atoms with Gasteiger partial charge in [0, 0.05) is 12.1 Å². The summed E-state index contributed by atoms with van der Waals surface area (Å²) in [5.41, 5.74) is 11.8. The summed E-state index contributed by atoms with van der Waals surface area (Å²) in [5.74, 6) is -0.334. The van der Waals surface area contributed by atoms with Gasteiger partial charge >= 0.3 is 0 Å². The molecule has 0 amide bonds. The van der Waals surface area contributed by atoms with E-state index in [-0.39, 0.29) is 12.4 Å². The van der Waals surface area contributed by atoms with Crippen molar-refractivity contribution in [3.05, 3.63) is 29.6 Å². The van der Waals surface area contributed by atoms with Crippen molar-refractivity contribution < 1.29 is 14.2 Å². The fourth-order valence-electron chi connectivity index (χ4n) is 1.25. The summed E-state index contributed by atoms with van der Waals surface area (Å²) in [6.45, 7) is -0.241. The van der Waals surface area contributed by atoms with Gasteiger partial charge in [-0.25, -0.2) is 4.39 Å². The maximum Gasteiger partial charge on any atom is 0.165 e. The van der Waals surface area contributed by atoms with Gasteiger partial charge in [0.25, 0.3) is 0 Å². The van der Waals surface area contributed by atoms with Gasteiger partial charge in [-0.3, -0.25) is 0 Å². The molecular formula is C10H15FN2O2. The predicted molar refractivity (Wildman–Crippen MR) is 54.9 cm³/mol. The molecule has 0 aliphatic heterocycles. The van der Waals surface area contributed by atoms with Gasteiger partial charge in [-0.2, -0.15) is 0 Å². The van der Waals surface area contributed by atoms with Gasteiger partial charge in [0.2, 0.25) is 0 Å². The highest BCUT2D eigenvalue weighted by atomic mass is 19.1. The Kier molecular flexibility index (Phi) is 4.02. The smallest absolute Gasteiger partial charge is 0.165 e. The van der Waals surface area contributed by atoms with E-state index < -0.39 is 17.9 Å². The first kappa shape index (κ1) is 11.9. The number of rotatable bonds is 4. The van der Waals surface area contributed by atoms with Crippen molar-refractivity contribution in [1.82, 2.24) is 0 Å². The average Bonchev–Trinajstić information content (AvgIpc) is 2.26. The highest BCUT2D eigenvalue weighted by Crippen LogP contribution is 2.21. The lowest BCUT2D eigenvalue weighted by Crippen LogP contribution is -2.37. The van der Waals surface area contributed by atoms with Crippen LogP contribution in [-0.2, 0) is 0 Å². The Labute approximate surface area is 87.6 Å². The Balaban J connectivity index is 2.92. The number of aliphatic hydroxyl groups is 1. The maximum absolute atomic E-state index is 13.3. The number of aliphatic hydroxyl groups excluding tert-OH is 1. The van der Waals surface area contributed by atoms with E-state index >= 15 is 0 Å². The van der Waals surface area contributed by atoms with Crippen LogP contribution in [-0.4, -0.2) is 24.9 Å². The van der Waals surface area contributed by atoms with Gasteiger partial charge in [0.15, 0.2) is 11.6 Å². The first-order chi connectivity index (χ1) is 7.10. The molecule has 0 aliphatic rings. The molecule has 5 heteroatoms. The highest BCUT2D eigenvalue weighted by Gasteiger charge is 2.16. The predicted octanol–water partition coefficient (Wildman–Crippen LogP) is 0.154. The van der Waals surface area contributed by atoms with Crippen LogP contribution in [0.2, 0.25) is 0 Å². The van der Waals surface area contributed by atoms with E-state index in [1.807, 2.05) is 0 Å². The molecule has 2 atom stereocenters. The van der Waals surface area contributed by atoms with E-state index in [1.54, 1.807) is 6.07 Å². The van der Waals surface area contributed by atoms with Crippen LogP contribution in [0.1, 0.15) is 11.6 Å². The number of benzene rings is 1. The van der Waals surface area contributed by atoms with Crippen LogP contribution >= 0.6 is 0 Å². The molecule has 0 fully saturated rings. The number of ether oxygens (including phenoxy) is 1. The Morgan fingerprint density at radius 3 is 2.60 bits per heavy atom. The van der Waals surface area contributed by atoms with Gasteiger partial charge in [-0.1, -0.05) is 6.07 Å². The Hall–Kier alpha value is -1.17. The molecule has 1 aromatic rings. The van der Waals surface area contributed by atoms with Crippen LogP contribution in [0, 0.1) is 5.82 Å². The maximum atomic E-state index is 13.3. The lowest BCUT2D eigenvalue weighted by Gasteiger charge is -2.18. The molecule has 1 aromatic carbocycles. The van der Waals surface area contributed by atoms with Gasteiger partial charge in [0.1, 0.15) is 0 Å². The summed E-state index contributed by atoms with van der Waals surface area (Å²) in [5, 5.41) is 8.81. The summed E-state index contributed by atoms with van der Waals surface area (Å²) in [6, 6.07) is 3.18. The Morgan fingerprint density at radius 1 is 1.47 bits per heavy atom. The summed E-state index contributed by atoms with van der Waals surface area (Å²) in [4.78, 5) is 0. The van der Waals surface area contributed by atoms with Crippen LogP contribution in [0.4, 0.5) is 4.39 Å². The van der Waals surface area contributed by atoms with Crippen LogP contribution in [0.15, 0.2) is 18.2 Å². The zero-order valence-corrected chi connectivity index (χ0v) is 8.48. The largest absolute Gasteiger partial charge is 0.494 e. The first-order valence-corrected chi connectivity index (χ1v) is 4.55. The van der Waals surface area contributed by atoms with E-state index in [9.17, 15) is 4.39 Å². The number of hydrogen-bond acceptors (Lipinski definition) is 4. The van der Waals surface area contributed by atoms with Gasteiger partial charge in [-0.15, -0.1) is 0 Å². The molecule has 15 heavy (non-hydrogen) atoms.